The summed E-state index contributed by atoms with van der Waals surface area (Å²) in [5.74, 6) is -0.617. The predicted molar refractivity (Wildman–Crippen MR) is 74.5 cm³/mol. The van der Waals surface area contributed by atoms with Crippen LogP contribution in [0.4, 0.5) is 0 Å². The van der Waals surface area contributed by atoms with Crippen LogP contribution in [0.5, 0.6) is 0 Å². The van der Waals surface area contributed by atoms with E-state index in [1.54, 1.807) is 18.2 Å². The lowest BCUT2D eigenvalue weighted by atomic mass is 9.81. The standard InChI is InChI=1S/C16H20O4/c1-15(2,3)20-13(17)11-6-5-7-12(10-11)16(4)8-9-19-14(16)18/h5-7,10H,8-9H2,1-4H3/t16-/m0/s1. The van der Waals surface area contributed by atoms with E-state index in [0.717, 1.165) is 5.56 Å². The van der Waals surface area contributed by atoms with Crippen LogP contribution in [0.3, 0.4) is 0 Å². The summed E-state index contributed by atoms with van der Waals surface area (Å²) in [6.45, 7) is 7.74. The van der Waals surface area contributed by atoms with Gasteiger partial charge in [-0.05, 0) is 45.4 Å². The molecule has 4 nitrogen and oxygen atoms in total. The van der Waals surface area contributed by atoms with Gasteiger partial charge in [0, 0.05) is 6.42 Å². The zero-order valence-electron chi connectivity index (χ0n) is 12.4. The first-order valence-corrected chi connectivity index (χ1v) is 6.73. The van der Waals surface area contributed by atoms with Crippen molar-refractivity contribution in [1.82, 2.24) is 0 Å². The Hall–Kier alpha value is -1.84. The van der Waals surface area contributed by atoms with Crippen LogP contribution >= 0.6 is 0 Å². The Morgan fingerprint density at radius 1 is 1.35 bits per heavy atom. The molecule has 4 heteroatoms. The molecule has 0 aliphatic carbocycles. The summed E-state index contributed by atoms with van der Waals surface area (Å²) in [4.78, 5) is 23.9. The number of ether oxygens (including phenoxy) is 2. The van der Waals surface area contributed by atoms with Gasteiger partial charge in [0.15, 0.2) is 0 Å². The minimum Gasteiger partial charge on any atom is -0.465 e. The van der Waals surface area contributed by atoms with E-state index in [4.69, 9.17) is 9.47 Å². The summed E-state index contributed by atoms with van der Waals surface area (Å²) in [5, 5.41) is 0. The van der Waals surface area contributed by atoms with Crippen molar-refractivity contribution < 1.29 is 19.1 Å². The average molecular weight is 276 g/mol. The second kappa shape index (κ2) is 4.93. The quantitative estimate of drug-likeness (QED) is 0.779. The second-order valence-electron chi connectivity index (χ2n) is 6.30. The van der Waals surface area contributed by atoms with Crippen molar-refractivity contribution in [3.05, 3.63) is 35.4 Å². The van der Waals surface area contributed by atoms with Gasteiger partial charge >= 0.3 is 11.9 Å². The number of carbonyl (C=O) groups is 2. The number of hydrogen-bond donors (Lipinski definition) is 0. The van der Waals surface area contributed by atoms with E-state index < -0.39 is 11.0 Å². The molecule has 0 unspecified atom stereocenters. The first-order valence-electron chi connectivity index (χ1n) is 6.73. The summed E-state index contributed by atoms with van der Waals surface area (Å²) >= 11 is 0. The van der Waals surface area contributed by atoms with Crippen LogP contribution in [-0.2, 0) is 19.7 Å². The van der Waals surface area contributed by atoms with E-state index in [2.05, 4.69) is 0 Å². The molecule has 0 N–H and O–H groups in total. The minimum atomic E-state index is -0.669. The Morgan fingerprint density at radius 3 is 2.60 bits per heavy atom. The van der Waals surface area contributed by atoms with Crippen molar-refractivity contribution in [2.75, 3.05) is 6.61 Å². The molecule has 1 fully saturated rings. The summed E-state index contributed by atoms with van der Waals surface area (Å²) in [7, 11) is 0. The van der Waals surface area contributed by atoms with Crippen LogP contribution in [0, 0.1) is 0 Å². The molecule has 0 spiro atoms. The lowest BCUT2D eigenvalue weighted by Crippen LogP contribution is -2.28. The summed E-state index contributed by atoms with van der Waals surface area (Å²) in [6, 6.07) is 7.04. The smallest absolute Gasteiger partial charge is 0.338 e. The number of carbonyl (C=O) groups excluding carboxylic acids is 2. The molecule has 1 aliphatic heterocycles. The van der Waals surface area contributed by atoms with Gasteiger partial charge in [0.05, 0.1) is 17.6 Å². The number of esters is 2. The highest BCUT2D eigenvalue weighted by Gasteiger charge is 2.41. The van der Waals surface area contributed by atoms with Gasteiger partial charge in [-0.15, -0.1) is 0 Å². The fourth-order valence-corrected chi connectivity index (χ4v) is 2.20. The molecule has 1 saturated heterocycles. The zero-order chi connectivity index (χ0) is 15.0. The SMILES string of the molecule is CC(C)(C)OC(=O)c1cccc([C@]2(C)CCOC2=O)c1. The molecule has 0 bridgehead atoms. The van der Waals surface area contributed by atoms with Gasteiger partial charge in [-0.1, -0.05) is 12.1 Å². The predicted octanol–water partition coefficient (Wildman–Crippen LogP) is 2.85. The maximum atomic E-state index is 12.1. The molecule has 1 aromatic rings. The Labute approximate surface area is 119 Å². The second-order valence-corrected chi connectivity index (χ2v) is 6.30. The largest absolute Gasteiger partial charge is 0.465 e. The summed E-state index contributed by atoms with van der Waals surface area (Å²) in [5.41, 5.74) is 0.0445. The molecule has 0 aromatic heterocycles. The van der Waals surface area contributed by atoms with Crippen molar-refractivity contribution in [2.24, 2.45) is 0 Å². The monoisotopic (exact) mass is 276 g/mol. The van der Waals surface area contributed by atoms with Gasteiger partial charge in [0.25, 0.3) is 0 Å². The van der Waals surface area contributed by atoms with Gasteiger partial charge in [0.2, 0.25) is 0 Å². The highest BCUT2D eigenvalue weighted by molar-refractivity contribution is 5.91. The average Bonchev–Trinajstić information content (AvgIpc) is 2.69. The molecular weight excluding hydrogens is 256 g/mol. The maximum absolute atomic E-state index is 12.1. The van der Waals surface area contributed by atoms with E-state index in [1.165, 1.54) is 0 Å². The third kappa shape index (κ3) is 2.84. The topological polar surface area (TPSA) is 52.6 Å². The molecule has 2 rings (SSSR count). The van der Waals surface area contributed by atoms with E-state index in [1.807, 2.05) is 33.8 Å². The number of hydrogen-bond acceptors (Lipinski definition) is 4. The molecule has 1 aliphatic rings. The lowest BCUT2D eigenvalue weighted by Gasteiger charge is -2.22. The van der Waals surface area contributed by atoms with Crippen molar-refractivity contribution in [1.29, 1.82) is 0 Å². The fourth-order valence-electron chi connectivity index (χ4n) is 2.20. The van der Waals surface area contributed by atoms with Gasteiger partial charge < -0.3 is 9.47 Å². The van der Waals surface area contributed by atoms with Crippen LogP contribution in [0.15, 0.2) is 24.3 Å². The maximum Gasteiger partial charge on any atom is 0.338 e. The molecular formula is C16H20O4. The molecule has 0 amide bonds. The third-order valence-electron chi connectivity index (χ3n) is 3.42. The first kappa shape index (κ1) is 14.6. The van der Waals surface area contributed by atoms with E-state index in [-0.39, 0.29) is 11.9 Å². The van der Waals surface area contributed by atoms with Gasteiger partial charge in [0.1, 0.15) is 5.60 Å². The fraction of sp³-hybridized carbons (Fsp3) is 0.500. The van der Waals surface area contributed by atoms with Crippen LogP contribution in [0.2, 0.25) is 0 Å². The number of cyclic esters (lactones) is 1. The summed E-state index contributed by atoms with van der Waals surface area (Å²) < 4.78 is 10.4. The van der Waals surface area contributed by atoms with Crippen LogP contribution in [0.25, 0.3) is 0 Å². The molecule has 0 radical (unpaired) electrons. The third-order valence-corrected chi connectivity index (χ3v) is 3.42. The van der Waals surface area contributed by atoms with Gasteiger partial charge in [-0.3, -0.25) is 4.79 Å². The van der Waals surface area contributed by atoms with E-state index >= 15 is 0 Å². The lowest BCUT2D eigenvalue weighted by molar-refractivity contribution is -0.142. The van der Waals surface area contributed by atoms with Gasteiger partial charge in [-0.25, -0.2) is 4.79 Å². The van der Waals surface area contributed by atoms with Crippen molar-refractivity contribution in [3.8, 4) is 0 Å². The summed E-state index contributed by atoms with van der Waals surface area (Å²) in [6.07, 6.45) is 0.629. The highest BCUT2D eigenvalue weighted by atomic mass is 16.6. The van der Waals surface area contributed by atoms with E-state index in [0.29, 0.717) is 18.6 Å². The number of rotatable bonds is 2. The molecule has 108 valence electrons. The molecule has 1 heterocycles. The zero-order valence-corrected chi connectivity index (χ0v) is 12.4. The highest BCUT2D eigenvalue weighted by Crippen LogP contribution is 2.34. The van der Waals surface area contributed by atoms with Crippen LogP contribution in [-0.4, -0.2) is 24.1 Å². The Bertz CT molecular complexity index is 542. The van der Waals surface area contributed by atoms with Crippen molar-refractivity contribution in [2.45, 2.75) is 45.1 Å². The normalized spacial score (nSPS) is 22.5. The molecule has 0 saturated carbocycles. The van der Waals surface area contributed by atoms with E-state index in [9.17, 15) is 9.59 Å². The van der Waals surface area contributed by atoms with Gasteiger partial charge in [-0.2, -0.15) is 0 Å². The molecule has 20 heavy (non-hydrogen) atoms. The van der Waals surface area contributed by atoms with Crippen molar-refractivity contribution in [3.63, 3.8) is 0 Å². The Kier molecular flexibility index (Phi) is 3.59. The number of benzene rings is 1. The van der Waals surface area contributed by atoms with Crippen LogP contribution < -0.4 is 0 Å². The first-order chi connectivity index (χ1) is 9.22. The van der Waals surface area contributed by atoms with Crippen molar-refractivity contribution >= 4 is 11.9 Å². The molecule has 1 atom stereocenters. The molecule has 1 aromatic carbocycles. The van der Waals surface area contributed by atoms with Crippen LogP contribution in [0.1, 0.15) is 50.0 Å². The minimum absolute atomic E-state index is 0.237. The Balaban J connectivity index is 2.29. The Morgan fingerprint density at radius 2 is 2.05 bits per heavy atom.